The molecule has 2 fully saturated rings. The molecule has 3 unspecified atom stereocenters. The predicted molar refractivity (Wildman–Crippen MR) is 116 cm³/mol. The van der Waals surface area contributed by atoms with Gasteiger partial charge in [0.05, 0.1) is 6.61 Å². The highest BCUT2D eigenvalue weighted by atomic mass is 16.6. The number of aryl methyl sites for hydroxylation is 1. The highest BCUT2D eigenvalue weighted by Crippen LogP contribution is 2.33. The summed E-state index contributed by atoms with van der Waals surface area (Å²) in [5.74, 6) is -1.12. The lowest BCUT2D eigenvalue weighted by atomic mass is 9.85. The summed E-state index contributed by atoms with van der Waals surface area (Å²) in [5, 5.41) is 6.33. The van der Waals surface area contributed by atoms with E-state index in [-0.39, 0.29) is 6.61 Å². The molecule has 7 nitrogen and oxygen atoms in total. The van der Waals surface area contributed by atoms with Gasteiger partial charge in [0.15, 0.2) is 0 Å². The van der Waals surface area contributed by atoms with Crippen molar-refractivity contribution in [3.63, 3.8) is 0 Å². The molecular formula is C24H34N2O5. The van der Waals surface area contributed by atoms with Gasteiger partial charge >= 0.3 is 17.9 Å². The lowest BCUT2D eigenvalue weighted by molar-refractivity contribution is -0.162. The molecule has 5 atom stereocenters. The van der Waals surface area contributed by atoms with Gasteiger partial charge in [0.1, 0.15) is 18.1 Å². The van der Waals surface area contributed by atoms with E-state index < -0.39 is 36.0 Å². The van der Waals surface area contributed by atoms with Gasteiger partial charge in [0, 0.05) is 6.04 Å². The third-order valence-corrected chi connectivity index (χ3v) is 6.29. The molecule has 31 heavy (non-hydrogen) atoms. The summed E-state index contributed by atoms with van der Waals surface area (Å²) >= 11 is 0. The minimum atomic E-state index is -0.808. The van der Waals surface area contributed by atoms with Gasteiger partial charge in [-0.3, -0.25) is 10.1 Å². The van der Waals surface area contributed by atoms with Crippen LogP contribution in [-0.2, 0) is 30.3 Å². The summed E-state index contributed by atoms with van der Waals surface area (Å²) in [5.41, 5.74) is 1.10. The lowest BCUT2D eigenvalue weighted by Crippen LogP contribution is -2.48. The summed E-state index contributed by atoms with van der Waals surface area (Å²) < 4.78 is 10.3. The van der Waals surface area contributed by atoms with Crippen molar-refractivity contribution in [2.24, 2.45) is 5.92 Å². The minimum absolute atomic E-state index is 0.259. The van der Waals surface area contributed by atoms with E-state index in [1.54, 1.807) is 13.8 Å². The molecule has 2 aliphatic rings. The van der Waals surface area contributed by atoms with Crippen molar-refractivity contribution in [3.8, 4) is 0 Å². The molecule has 1 aromatic rings. The van der Waals surface area contributed by atoms with E-state index >= 15 is 0 Å². The zero-order valence-electron chi connectivity index (χ0n) is 18.5. The normalized spacial score (nSPS) is 24.6. The van der Waals surface area contributed by atoms with Gasteiger partial charge in [-0.1, -0.05) is 43.2 Å². The van der Waals surface area contributed by atoms with Crippen LogP contribution in [0.15, 0.2) is 30.3 Å². The second-order valence-electron chi connectivity index (χ2n) is 8.56. The Bertz CT molecular complexity index is 740. The molecular weight excluding hydrogens is 396 g/mol. The van der Waals surface area contributed by atoms with Gasteiger partial charge in [0.2, 0.25) is 0 Å². The molecule has 0 spiro atoms. The number of hydrogen-bond acceptors (Lipinski definition) is 7. The van der Waals surface area contributed by atoms with Crippen LogP contribution in [0, 0.1) is 5.92 Å². The van der Waals surface area contributed by atoms with Crippen LogP contribution in [0.1, 0.15) is 57.9 Å². The summed E-state index contributed by atoms with van der Waals surface area (Å²) in [4.78, 5) is 37.4. The van der Waals surface area contributed by atoms with Crippen LogP contribution in [0.3, 0.4) is 0 Å². The summed E-state index contributed by atoms with van der Waals surface area (Å²) in [7, 11) is 0. The van der Waals surface area contributed by atoms with Crippen molar-refractivity contribution in [2.75, 3.05) is 6.61 Å². The highest BCUT2D eigenvalue weighted by Gasteiger charge is 2.40. The van der Waals surface area contributed by atoms with Crippen molar-refractivity contribution in [3.05, 3.63) is 35.9 Å². The van der Waals surface area contributed by atoms with E-state index in [0.717, 1.165) is 24.8 Å². The molecule has 2 N–H and O–H groups in total. The second-order valence-corrected chi connectivity index (χ2v) is 8.56. The topological polar surface area (TPSA) is 93.7 Å². The molecule has 1 saturated carbocycles. The highest BCUT2D eigenvalue weighted by molar-refractivity contribution is 5.91. The zero-order chi connectivity index (χ0) is 22.2. The number of hydrogen-bond donors (Lipinski definition) is 2. The van der Waals surface area contributed by atoms with Gasteiger partial charge in [-0.25, -0.2) is 9.59 Å². The van der Waals surface area contributed by atoms with Crippen LogP contribution < -0.4 is 10.6 Å². The Morgan fingerprint density at radius 3 is 2.58 bits per heavy atom. The fourth-order valence-electron chi connectivity index (χ4n) is 4.60. The molecule has 0 aromatic heterocycles. The van der Waals surface area contributed by atoms with E-state index in [0.29, 0.717) is 24.8 Å². The Labute approximate surface area is 184 Å². The van der Waals surface area contributed by atoms with Crippen LogP contribution >= 0.6 is 0 Å². The van der Waals surface area contributed by atoms with Crippen molar-refractivity contribution in [2.45, 2.75) is 83.0 Å². The van der Waals surface area contributed by atoms with Crippen LogP contribution in [0.25, 0.3) is 0 Å². The first-order valence-corrected chi connectivity index (χ1v) is 11.5. The Hall–Kier alpha value is -2.25. The number of rotatable bonds is 9. The van der Waals surface area contributed by atoms with Crippen molar-refractivity contribution >= 4 is 17.9 Å². The standard InChI is InChI=1S/C24H34N2O5/c1-3-30-23(28)20(14-13-17-9-5-4-6-10-17)25-16(2)22(27)31-24(29)21-15-18-11-7-8-12-19(18)26-21/h4-6,9-10,16,18-21,25-26H,3,7-8,11-15H2,1-2H3/t16-,18?,19?,20+,21?/m1/s1. The molecule has 7 heteroatoms. The molecule has 1 aliphatic carbocycles. The number of benzene rings is 1. The third kappa shape index (κ3) is 6.61. The predicted octanol–water partition coefficient (Wildman–Crippen LogP) is 2.52. The first-order chi connectivity index (χ1) is 15.0. The first kappa shape index (κ1) is 23.4. The number of ether oxygens (including phenoxy) is 2. The monoisotopic (exact) mass is 430 g/mol. The molecule has 1 aliphatic heterocycles. The minimum Gasteiger partial charge on any atom is -0.465 e. The van der Waals surface area contributed by atoms with E-state index in [1.165, 1.54) is 12.8 Å². The number of esters is 3. The number of carbonyl (C=O) groups excluding carboxylic acids is 3. The van der Waals surface area contributed by atoms with Gasteiger partial charge in [-0.15, -0.1) is 0 Å². The van der Waals surface area contributed by atoms with E-state index in [1.807, 2.05) is 30.3 Å². The van der Waals surface area contributed by atoms with Crippen LogP contribution in [-0.4, -0.2) is 48.7 Å². The Morgan fingerprint density at radius 2 is 1.87 bits per heavy atom. The van der Waals surface area contributed by atoms with E-state index in [4.69, 9.17) is 9.47 Å². The molecule has 1 aromatic carbocycles. The van der Waals surface area contributed by atoms with Crippen molar-refractivity contribution in [1.29, 1.82) is 0 Å². The van der Waals surface area contributed by atoms with Gasteiger partial charge in [-0.2, -0.15) is 0 Å². The Kier molecular flexibility index (Phi) is 8.60. The largest absolute Gasteiger partial charge is 0.465 e. The van der Waals surface area contributed by atoms with Crippen molar-refractivity contribution in [1.82, 2.24) is 10.6 Å². The molecule has 170 valence electrons. The van der Waals surface area contributed by atoms with E-state index in [9.17, 15) is 14.4 Å². The number of fused-ring (bicyclic) bond motifs is 1. The fourth-order valence-corrected chi connectivity index (χ4v) is 4.60. The van der Waals surface area contributed by atoms with E-state index in [2.05, 4.69) is 10.6 Å². The maximum atomic E-state index is 12.5. The smallest absolute Gasteiger partial charge is 0.330 e. The van der Waals surface area contributed by atoms with Gasteiger partial charge in [-0.05, 0) is 57.4 Å². The zero-order valence-corrected chi connectivity index (χ0v) is 18.5. The molecule has 0 amide bonds. The lowest BCUT2D eigenvalue weighted by Gasteiger charge is -2.24. The summed E-state index contributed by atoms with van der Waals surface area (Å²) in [6, 6.07) is 8.26. The maximum Gasteiger partial charge on any atom is 0.330 e. The summed E-state index contributed by atoms with van der Waals surface area (Å²) in [6.07, 6.45) is 6.42. The summed E-state index contributed by atoms with van der Waals surface area (Å²) in [6.45, 7) is 3.61. The quantitative estimate of drug-likeness (QED) is 0.459. The average molecular weight is 431 g/mol. The van der Waals surface area contributed by atoms with Crippen molar-refractivity contribution < 1.29 is 23.9 Å². The van der Waals surface area contributed by atoms with Crippen LogP contribution in [0.4, 0.5) is 0 Å². The van der Waals surface area contributed by atoms with Crippen LogP contribution in [0.5, 0.6) is 0 Å². The fraction of sp³-hybridized carbons (Fsp3) is 0.625. The average Bonchev–Trinajstić information content (AvgIpc) is 3.21. The molecule has 0 radical (unpaired) electrons. The van der Waals surface area contributed by atoms with Crippen LogP contribution in [0.2, 0.25) is 0 Å². The Morgan fingerprint density at radius 1 is 1.13 bits per heavy atom. The Balaban J connectivity index is 1.51. The number of carbonyl (C=O) groups is 3. The van der Waals surface area contributed by atoms with Gasteiger partial charge in [0.25, 0.3) is 0 Å². The molecule has 3 rings (SSSR count). The second kappa shape index (κ2) is 11.4. The first-order valence-electron chi connectivity index (χ1n) is 11.5. The number of nitrogens with one attached hydrogen (secondary N) is 2. The SMILES string of the molecule is CCOC(=O)[C@H](CCc1ccccc1)N[C@H](C)C(=O)OC(=O)C1CC2CCCCC2N1. The molecule has 1 saturated heterocycles. The van der Waals surface area contributed by atoms with Gasteiger partial charge < -0.3 is 14.8 Å². The molecule has 1 heterocycles. The molecule has 0 bridgehead atoms. The third-order valence-electron chi connectivity index (χ3n) is 6.29. The maximum absolute atomic E-state index is 12.5.